The van der Waals surface area contributed by atoms with Gasteiger partial charge in [-0.25, -0.2) is 13.1 Å². The fourth-order valence-corrected chi connectivity index (χ4v) is 3.71. The molecule has 4 nitrogen and oxygen atoms in total. The summed E-state index contributed by atoms with van der Waals surface area (Å²) in [6, 6.07) is 3.51. The van der Waals surface area contributed by atoms with Crippen molar-refractivity contribution in [2.75, 3.05) is 0 Å². The zero-order valence-electron chi connectivity index (χ0n) is 10.2. The van der Waals surface area contributed by atoms with Crippen LogP contribution in [0.15, 0.2) is 23.1 Å². The van der Waals surface area contributed by atoms with Gasteiger partial charge < -0.3 is 5.73 Å². The number of nitrogens with two attached hydrogens (primary N) is 1. The summed E-state index contributed by atoms with van der Waals surface area (Å²) in [7, 11) is -3.76. The van der Waals surface area contributed by atoms with Crippen LogP contribution in [-0.2, 0) is 10.0 Å². The molecule has 1 aromatic rings. The third-order valence-electron chi connectivity index (χ3n) is 2.36. The summed E-state index contributed by atoms with van der Waals surface area (Å²) in [6.45, 7) is 1.91. The minimum atomic E-state index is -3.76. The van der Waals surface area contributed by atoms with Crippen molar-refractivity contribution in [2.24, 2.45) is 5.73 Å². The van der Waals surface area contributed by atoms with Gasteiger partial charge in [0.15, 0.2) is 0 Å². The van der Waals surface area contributed by atoms with Crippen molar-refractivity contribution >= 4 is 50.4 Å². The first-order valence-electron chi connectivity index (χ1n) is 5.54. The number of rotatable bonds is 6. The molecule has 0 aliphatic heterocycles. The Morgan fingerprint density at radius 2 is 1.89 bits per heavy atom. The van der Waals surface area contributed by atoms with Gasteiger partial charge in [0.05, 0.1) is 15.9 Å². The number of sulfonamides is 1. The molecule has 0 aromatic heterocycles. The number of hydrogen-bond donors (Lipinski definition) is 2. The van der Waals surface area contributed by atoms with Crippen LogP contribution in [0.4, 0.5) is 0 Å². The number of halogens is 2. The van der Waals surface area contributed by atoms with Gasteiger partial charge in [0.2, 0.25) is 10.0 Å². The van der Waals surface area contributed by atoms with Crippen molar-refractivity contribution in [3.8, 4) is 0 Å². The molecule has 0 radical (unpaired) electrons. The second-order valence-electron chi connectivity index (χ2n) is 3.97. The summed E-state index contributed by atoms with van der Waals surface area (Å²) in [5.41, 5.74) is 5.52. The summed E-state index contributed by atoms with van der Waals surface area (Å²) in [5, 5.41) is 0.491. The second kappa shape index (κ2) is 6.85. The molecule has 0 fully saturated rings. The van der Waals surface area contributed by atoms with Crippen LogP contribution in [0.3, 0.4) is 0 Å². The zero-order valence-corrected chi connectivity index (χ0v) is 13.3. The van der Waals surface area contributed by atoms with Crippen LogP contribution >= 0.6 is 35.4 Å². The highest BCUT2D eigenvalue weighted by Crippen LogP contribution is 2.22. The first kappa shape index (κ1) is 16.7. The molecule has 1 unspecified atom stereocenters. The second-order valence-corrected chi connectivity index (χ2v) is 7.03. The first-order chi connectivity index (χ1) is 8.76. The molecule has 0 aliphatic rings. The third kappa shape index (κ3) is 4.89. The maximum Gasteiger partial charge on any atom is 0.241 e. The van der Waals surface area contributed by atoms with Crippen LogP contribution in [0.5, 0.6) is 0 Å². The van der Waals surface area contributed by atoms with Gasteiger partial charge in [0, 0.05) is 10.0 Å². The Labute approximate surface area is 128 Å². The molecule has 106 valence electrons. The Hall–Kier alpha value is -0.400. The maximum absolute atomic E-state index is 12.2. The normalized spacial score (nSPS) is 13.2. The molecule has 0 heterocycles. The van der Waals surface area contributed by atoms with Gasteiger partial charge in [-0.1, -0.05) is 48.8 Å². The van der Waals surface area contributed by atoms with Gasteiger partial charge in [0.25, 0.3) is 0 Å². The molecule has 1 aromatic carbocycles. The monoisotopic (exact) mass is 340 g/mol. The number of thiocarbonyl (C=S) groups is 1. The average molecular weight is 341 g/mol. The quantitative estimate of drug-likeness (QED) is 0.781. The van der Waals surface area contributed by atoms with Crippen LogP contribution in [0.1, 0.15) is 19.8 Å². The Kier molecular flexibility index (Phi) is 6.01. The molecule has 0 saturated carbocycles. The van der Waals surface area contributed by atoms with Crippen molar-refractivity contribution in [3.05, 3.63) is 28.2 Å². The highest BCUT2D eigenvalue weighted by molar-refractivity contribution is 7.89. The molecule has 0 saturated heterocycles. The van der Waals surface area contributed by atoms with Gasteiger partial charge >= 0.3 is 0 Å². The molecule has 19 heavy (non-hydrogen) atoms. The van der Waals surface area contributed by atoms with Crippen LogP contribution in [0.2, 0.25) is 10.0 Å². The standard InChI is InChI=1S/C11H14Cl2N2O2S2/c1-2-3-10(11(14)18)15-19(16,17)9-5-7(12)4-8(13)6-9/h4-6,10,15H,2-3H2,1H3,(H2,14,18). The van der Waals surface area contributed by atoms with E-state index in [4.69, 9.17) is 41.2 Å². The van der Waals surface area contributed by atoms with Gasteiger partial charge in [-0.3, -0.25) is 0 Å². The maximum atomic E-state index is 12.2. The van der Waals surface area contributed by atoms with Crippen LogP contribution in [0.25, 0.3) is 0 Å². The van der Waals surface area contributed by atoms with Crippen molar-refractivity contribution in [2.45, 2.75) is 30.7 Å². The van der Waals surface area contributed by atoms with E-state index in [0.717, 1.165) is 6.42 Å². The van der Waals surface area contributed by atoms with Gasteiger partial charge in [0.1, 0.15) is 0 Å². The van der Waals surface area contributed by atoms with E-state index in [1.54, 1.807) is 0 Å². The summed E-state index contributed by atoms with van der Waals surface area (Å²) >= 11 is 16.4. The van der Waals surface area contributed by atoms with E-state index in [0.29, 0.717) is 6.42 Å². The van der Waals surface area contributed by atoms with E-state index in [-0.39, 0.29) is 19.9 Å². The fraction of sp³-hybridized carbons (Fsp3) is 0.364. The Balaban J connectivity index is 3.06. The van der Waals surface area contributed by atoms with Crippen molar-refractivity contribution in [1.29, 1.82) is 0 Å². The zero-order chi connectivity index (χ0) is 14.6. The lowest BCUT2D eigenvalue weighted by Crippen LogP contribution is -2.43. The third-order valence-corrected chi connectivity index (χ3v) is 4.54. The largest absolute Gasteiger partial charge is 0.392 e. The van der Waals surface area contributed by atoms with E-state index in [2.05, 4.69) is 4.72 Å². The molecule has 0 bridgehead atoms. The predicted octanol–water partition coefficient (Wildman–Crippen LogP) is 2.73. The van der Waals surface area contributed by atoms with E-state index < -0.39 is 16.1 Å². The highest BCUT2D eigenvalue weighted by Gasteiger charge is 2.22. The minimum Gasteiger partial charge on any atom is -0.392 e. The Bertz CT molecular complexity index is 556. The van der Waals surface area contributed by atoms with Crippen LogP contribution < -0.4 is 10.5 Å². The lowest BCUT2D eigenvalue weighted by atomic mass is 10.2. The van der Waals surface area contributed by atoms with E-state index in [9.17, 15) is 8.42 Å². The number of benzene rings is 1. The van der Waals surface area contributed by atoms with Crippen LogP contribution in [0, 0.1) is 0 Å². The number of nitrogens with one attached hydrogen (secondary N) is 1. The van der Waals surface area contributed by atoms with Gasteiger partial charge in [-0.2, -0.15) is 0 Å². The predicted molar refractivity (Wildman–Crippen MR) is 82.3 cm³/mol. The van der Waals surface area contributed by atoms with Gasteiger partial charge in [-0.15, -0.1) is 0 Å². The van der Waals surface area contributed by atoms with E-state index in [1.807, 2.05) is 6.92 Å². The number of hydrogen-bond acceptors (Lipinski definition) is 3. The summed E-state index contributed by atoms with van der Waals surface area (Å²) in [4.78, 5) is 0.0981. The molecule has 3 N–H and O–H groups in total. The molecular formula is C11H14Cl2N2O2S2. The van der Waals surface area contributed by atoms with E-state index >= 15 is 0 Å². The minimum absolute atomic E-state index is 0.0117. The first-order valence-corrected chi connectivity index (χ1v) is 8.18. The lowest BCUT2D eigenvalue weighted by Gasteiger charge is -2.17. The van der Waals surface area contributed by atoms with Crippen molar-refractivity contribution < 1.29 is 8.42 Å². The van der Waals surface area contributed by atoms with Gasteiger partial charge in [-0.05, 0) is 24.6 Å². The summed E-state index contributed by atoms with van der Waals surface area (Å²) in [5.74, 6) is 0. The fourth-order valence-electron chi connectivity index (χ4n) is 1.49. The molecule has 1 rings (SSSR count). The van der Waals surface area contributed by atoms with Crippen LogP contribution in [-0.4, -0.2) is 19.4 Å². The van der Waals surface area contributed by atoms with Crippen molar-refractivity contribution in [1.82, 2.24) is 4.72 Å². The van der Waals surface area contributed by atoms with Crippen molar-refractivity contribution in [3.63, 3.8) is 0 Å². The molecule has 0 aliphatic carbocycles. The lowest BCUT2D eigenvalue weighted by molar-refractivity contribution is 0.567. The molecule has 1 atom stereocenters. The molecule has 8 heteroatoms. The Morgan fingerprint density at radius 1 is 1.37 bits per heavy atom. The summed E-state index contributed by atoms with van der Waals surface area (Å²) in [6.07, 6.45) is 1.28. The smallest absolute Gasteiger partial charge is 0.241 e. The van der Waals surface area contributed by atoms with E-state index in [1.165, 1.54) is 18.2 Å². The molecule has 0 amide bonds. The molecular weight excluding hydrogens is 327 g/mol. The molecule has 0 spiro atoms. The SMILES string of the molecule is CCCC(NS(=O)(=O)c1cc(Cl)cc(Cl)c1)C(N)=S. The average Bonchev–Trinajstić information content (AvgIpc) is 2.26. The topological polar surface area (TPSA) is 72.2 Å². The Morgan fingerprint density at radius 3 is 2.32 bits per heavy atom. The summed E-state index contributed by atoms with van der Waals surface area (Å²) < 4.78 is 26.8. The highest BCUT2D eigenvalue weighted by atomic mass is 35.5.